The Labute approximate surface area is 185 Å². The molecule has 170 valence electrons. The number of hydrogen-bond donors (Lipinski definition) is 0. The van der Waals surface area contributed by atoms with Crippen LogP contribution in [0.1, 0.15) is 24.1 Å². The number of ether oxygens (including phenoxy) is 6. The summed E-state index contributed by atoms with van der Waals surface area (Å²) in [6, 6.07) is 8.85. The molecular formula is C22H30NO7P. The van der Waals surface area contributed by atoms with Crippen LogP contribution in [0.5, 0.6) is 17.0 Å². The van der Waals surface area contributed by atoms with Gasteiger partial charge >= 0.3 is 6.09 Å². The molecule has 0 N–H and O–H groups in total. The van der Waals surface area contributed by atoms with Crippen molar-refractivity contribution in [3.63, 3.8) is 0 Å². The molecule has 1 aromatic heterocycles. The molecule has 2 aromatic rings. The number of rotatable bonds is 11. The average Bonchev–Trinajstić information content (AvgIpc) is 2.81. The van der Waals surface area contributed by atoms with Crippen LogP contribution in [0.2, 0.25) is 0 Å². The monoisotopic (exact) mass is 451 g/mol. The first-order chi connectivity index (χ1) is 15.0. The maximum Gasteiger partial charge on any atom is 0.410 e. The third-order valence-corrected chi connectivity index (χ3v) is 5.61. The third kappa shape index (κ3) is 6.00. The Balaban J connectivity index is 2.73. The summed E-state index contributed by atoms with van der Waals surface area (Å²) in [5, 5.41) is 0. The molecule has 0 aliphatic carbocycles. The summed E-state index contributed by atoms with van der Waals surface area (Å²) in [7, 11) is 8.67. The first-order valence-electron chi connectivity index (χ1n) is 9.74. The lowest BCUT2D eigenvalue weighted by molar-refractivity contribution is -0.116. The van der Waals surface area contributed by atoms with Gasteiger partial charge in [0.15, 0.2) is 17.5 Å². The normalized spacial score (nSPS) is 12.0. The fraction of sp³-hybridized carbons (Fsp3) is 0.455. The van der Waals surface area contributed by atoms with Crippen molar-refractivity contribution >= 4 is 14.3 Å². The van der Waals surface area contributed by atoms with Gasteiger partial charge in [-0.05, 0) is 44.7 Å². The summed E-state index contributed by atoms with van der Waals surface area (Å²) in [6.45, 7) is 2.11. The highest BCUT2D eigenvalue weighted by Gasteiger charge is 2.33. The summed E-state index contributed by atoms with van der Waals surface area (Å²) in [5.74, 6) is 3.16. The Morgan fingerprint density at radius 1 is 1.03 bits per heavy atom. The Kier molecular flexibility index (Phi) is 9.85. The van der Waals surface area contributed by atoms with E-state index >= 15 is 0 Å². The second-order valence-electron chi connectivity index (χ2n) is 6.37. The van der Waals surface area contributed by atoms with E-state index in [1.807, 2.05) is 36.1 Å². The Bertz CT molecular complexity index is 844. The van der Waals surface area contributed by atoms with E-state index in [-0.39, 0.29) is 13.2 Å². The van der Waals surface area contributed by atoms with Crippen LogP contribution in [0.4, 0.5) is 4.79 Å². The minimum Gasteiger partial charge on any atom is -0.497 e. The van der Waals surface area contributed by atoms with Gasteiger partial charge in [-0.3, -0.25) is 4.90 Å². The van der Waals surface area contributed by atoms with Gasteiger partial charge in [0.05, 0.1) is 40.5 Å². The summed E-state index contributed by atoms with van der Waals surface area (Å²) < 4.78 is 32.8. The van der Waals surface area contributed by atoms with E-state index in [1.54, 1.807) is 33.2 Å². The largest absolute Gasteiger partial charge is 0.497 e. The Morgan fingerprint density at radius 3 is 2.35 bits per heavy atom. The van der Waals surface area contributed by atoms with Gasteiger partial charge in [-0.2, -0.15) is 0 Å². The fourth-order valence-corrected chi connectivity index (χ4v) is 4.06. The van der Waals surface area contributed by atoms with Crippen molar-refractivity contribution in [3.05, 3.63) is 47.3 Å². The number of methoxy groups -OCH3 is 5. The van der Waals surface area contributed by atoms with Gasteiger partial charge in [-0.25, -0.2) is 4.79 Å². The summed E-state index contributed by atoms with van der Waals surface area (Å²) in [5.41, 5.74) is 2.19. The van der Waals surface area contributed by atoms with Crippen LogP contribution in [0.25, 0.3) is 0 Å². The van der Waals surface area contributed by atoms with E-state index in [9.17, 15) is 4.79 Å². The van der Waals surface area contributed by atoms with Crippen molar-refractivity contribution in [1.82, 2.24) is 4.90 Å². The summed E-state index contributed by atoms with van der Waals surface area (Å²) in [6.07, 6.45) is -1.16. The molecule has 8 nitrogen and oxygen atoms in total. The van der Waals surface area contributed by atoms with Crippen molar-refractivity contribution in [3.8, 4) is 17.0 Å². The third-order valence-electron chi connectivity index (χ3n) is 4.69. The second-order valence-corrected chi connectivity index (χ2v) is 7.34. The van der Waals surface area contributed by atoms with Crippen LogP contribution in [-0.2, 0) is 14.2 Å². The summed E-state index contributed by atoms with van der Waals surface area (Å²) >= 11 is 0. The van der Waals surface area contributed by atoms with Crippen LogP contribution in [0.3, 0.4) is 0 Å². The molecule has 0 fully saturated rings. The molecule has 0 saturated heterocycles. The molecule has 1 aromatic carbocycles. The van der Waals surface area contributed by atoms with Gasteiger partial charge in [-0.15, -0.1) is 0 Å². The fourth-order valence-electron chi connectivity index (χ4n) is 3.25. The molecule has 1 amide bonds. The van der Waals surface area contributed by atoms with E-state index in [4.69, 9.17) is 28.4 Å². The molecule has 2 rings (SSSR count). The van der Waals surface area contributed by atoms with Crippen LogP contribution in [0.15, 0.2) is 36.1 Å². The van der Waals surface area contributed by atoms with E-state index in [1.165, 1.54) is 14.2 Å². The standard InChI is InChI=1S/C22H30NO7P/c1-7-30-22(24)23(14-18(26-3)27-4)19(15-9-8-10-16(13-15)25-2)17-11-12-31-21(29-6)20(17)28-5/h8-13,18-19H,7,14H2,1-6H3/t19-/m0/s1. The van der Waals surface area contributed by atoms with Crippen molar-refractivity contribution in [1.29, 1.82) is 0 Å². The predicted octanol–water partition coefficient (Wildman–Crippen LogP) is 4.46. The van der Waals surface area contributed by atoms with Gasteiger partial charge in [0, 0.05) is 19.8 Å². The zero-order chi connectivity index (χ0) is 22.8. The van der Waals surface area contributed by atoms with Crippen molar-refractivity contribution in [2.24, 2.45) is 0 Å². The number of hydrogen-bond acceptors (Lipinski definition) is 7. The first-order valence-corrected chi connectivity index (χ1v) is 10.7. The van der Waals surface area contributed by atoms with E-state index in [2.05, 4.69) is 0 Å². The van der Waals surface area contributed by atoms with Gasteiger partial charge in [0.1, 0.15) is 5.75 Å². The van der Waals surface area contributed by atoms with Crippen molar-refractivity contribution in [2.75, 3.05) is 48.7 Å². The van der Waals surface area contributed by atoms with Gasteiger partial charge in [0.25, 0.3) is 0 Å². The van der Waals surface area contributed by atoms with Crippen molar-refractivity contribution < 1.29 is 33.2 Å². The van der Waals surface area contributed by atoms with Crippen molar-refractivity contribution in [2.45, 2.75) is 19.3 Å². The second kappa shape index (κ2) is 12.3. The zero-order valence-corrected chi connectivity index (χ0v) is 19.7. The average molecular weight is 451 g/mol. The quantitative estimate of drug-likeness (QED) is 0.467. The maximum absolute atomic E-state index is 13.1. The van der Waals surface area contributed by atoms with Crippen LogP contribution in [0, 0.1) is 0 Å². The van der Waals surface area contributed by atoms with E-state index < -0.39 is 18.4 Å². The van der Waals surface area contributed by atoms with Gasteiger partial charge in [0.2, 0.25) is 0 Å². The number of carbonyl (C=O) groups is 1. The molecule has 0 bridgehead atoms. The van der Waals surface area contributed by atoms with Crippen LogP contribution in [-0.4, -0.2) is 66.0 Å². The SMILES string of the molecule is CCOC(=O)N(CC(OC)OC)[C@@H](c1cccc(OC)c1)c1ccpc(OC)c1OC. The molecule has 0 aliphatic rings. The van der Waals surface area contributed by atoms with E-state index in [0.29, 0.717) is 17.0 Å². The molecule has 0 radical (unpaired) electrons. The van der Waals surface area contributed by atoms with Crippen LogP contribution >= 0.6 is 8.19 Å². The molecular weight excluding hydrogens is 421 g/mol. The lowest BCUT2D eigenvalue weighted by Gasteiger charge is -2.34. The minimum absolute atomic E-state index is 0.127. The van der Waals surface area contributed by atoms with Crippen LogP contribution < -0.4 is 14.2 Å². The molecule has 31 heavy (non-hydrogen) atoms. The molecule has 0 unspecified atom stereocenters. The first kappa shape index (κ1) is 24.7. The number of amides is 1. The number of nitrogens with zero attached hydrogens (tertiary/aromatic N) is 1. The number of carbonyl (C=O) groups excluding carboxylic acids is 1. The summed E-state index contributed by atoms with van der Waals surface area (Å²) in [4.78, 5) is 14.7. The molecule has 1 heterocycles. The predicted molar refractivity (Wildman–Crippen MR) is 118 cm³/mol. The molecule has 0 spiro atoms. The highest BCUT2D eigenvalue weighted by atomic mass is 31.0. The highest BCUT2D eigenvalue weighted by Crippen LogP contribution is 2.44. The highest BCUT2D eigenvalue weighted by molar-refractivity contribution is 7.31. The molecule has 9 heteroatoms. The Hall–Kier alpha value is -2.54. The molecule has 0 aliphatic heterocycles. The van der Waals surface area contributed by atoms with E-state index in [0.717, 1.165) is 19.3 Å². The number of benzene rings is 1. The molecule has 1 atom stereocenters. The van der Waals surface area contributed by atoms with Gasteiger partial charge in [-0.1, -0.05) is 12.1 Å². The maximum atomic E-state index is 13.1. The Morgan fingerprint density at radius 2 is 1.77 bits per heavy atom. The lowest BCUT2D eigenvalue weighted by Crippen LogP contribution is -2.42. The van der Waals surface area contributed by atoms with Gasteiger partial charge < -0.3 is 28.4 Å². The minimum atomic E-state index is -0.652. The zero-order valence-electron chi connectivity index (χ0n) is 18.8. The lowest BCUT2D eigenvalue weighted by atomic mass is 9.97. The smallest absolute Gasteiger partial charge is 0.410 e. The molecule has 0 saturated carbocycles. The topological polar surface area (TPSA) is 75.7 Å².